The first-order valence-corrected chi connectivity index (χ1v) is 4.67. The molecule has 0 spiro atoms. The standard InChI is InChI=1S/C9H10INO/c1-5-3-4-7(9(11)12)8(10)6(5)2/h3-4H,1-2H3,(H2,11,12). The minimum Gasteiger partial charge on any atom is -0.366 e. The van der Waals surface area contributed by atoms with Crippen LogP contribution in [0, 0.1) is 17.4 Å². The molecule has 64 valence electrons. The molecule has 12 heavy (non-hydrogen) atoms. The van der Waals surface area contributed by atoms with E-state index in [2.05, 4.69) is 22.6 Å². The van der Waals surface area contributed by atoms with Gasteiger partial charge in [0.05, 0.1) is 5.56 Å². The summed E-state index contributed by atoms with van der Waals surface area (Å²) in [6, 6.07) is 3.68. The van der Waals surface area contributed by atoms with E-state index in [1.807, 2.05) is 19.9 Å². The molecule has 0 heterocycles. The van der Waals surface area contributed by atoms with Gasteiger partial charge in [-0.25, -0.2) is 0 Å². The summed E-state index contributed by atoms with van der Waals surface area (Å²) >= 11 is 2.14. The number of carbonyl (C=O) groups is 1. The van der Waals surface area contributed by atoms with Crippen molar-refractivity contribution < 1.29 is 4.79 Å². The molecule has 0 unspecified atom stereocenters. The first-order chi connectivity index (χ1) is 5.54. The highest BCUT2D eigenvalue weighted by Gasteiger charge is 2.08. The molecular weight excluding hydrogens is 265 g/mol. The smallest absolute Gasteiger partial charge is 0.249 e. The van der Waals surface area contributed by atoms with E-state index >= 15 is 0 Å². The Balaban J connectivity index is 3.36. The third-order valence-corrected chi connectivity index (χ3v) is 3.31. The second-order valence-corrected chi connectivity index (χ2v) is 3.81. The number of hydrogen-bond acceptors (Lipinski definition) is 1. The van der Waals surface area contributed by atoms with Gasteiger partial charge in [-0.1, -0.05) is 6.07 Å². The second-order valence-electron chi connectivity index (χ2n) is 2.73. The Bertz CT molecular complexity index is 334. The van der Waals surface area contributed by atoms with E-state index in [4.69, 9.17) is 5.73 Å². The molecule has 1 rings (SSSR count). The second kappa shape index (κ2) is 3.43. The summed E-state index contributed by atoms with van der Waals surface area (Å²) in [6.07, 6.45) is 0. The lowest BCUT2D eigenvalue weighted by Crippen LogP contribution is -2.13. The number of nitrogens with two attached hydrogens (primary N) is 1. The lowest BCUT2D eigenvalue weighted by molar-refractivity contribution is 0.0999. The van der Waals surface area contributed by atoms with Crippen LogP contribution in [0.4, 0.5) is 0 Å². The average molecular weight is 275 g/mol. The lowest BCUT2D eigenvalue weighted by Gasteiger charge is -2.06. The van der Waals surface area contributed by atoms with Crippen LogP contribution >= 0.6 is 22.6 Å². The molecule has 0 saturated heterocycles. The zero-order chi connectivity index (χ0) is 9.30. The number of rotatable bonds is 1. The highest BCUT2D eigenvalue weighted by Crippen LogP contribution is 2.19. The topological polar surface area (TPSA) is 43.1 Å². The molecule has 3 heteroatoms. The third-order valence-electron chi connectivity index (χ3n) is 1.92. The molecule has 1 amide bonds. The Hall–Kier alpha value is -0.580. The number of amides is 1. The molecule has 0 aliphatic rings. The van der Waals surface area contributed by atoms with E-state index < -0.39 is 0 Å². The van der Waals surface area contributed by atoms with Crippen molar-refractivity contribution in [3.8, 4) is 0 Å². The molecular formula is C9H10INO. The normalized spacial score (nSPS) is 9.92. The Morgan fingerprint density at radius 2 is 2.00 bits per heavy atom. The Labute approximate surface area is 85.3 Å². The van der Waals surface area contributed by atoms with E-state index in [0.29, 0.717) is 5.56 Å². The maximum absolute atomic E-state index is 10.9. The fraction of sp³-hybridized carbons (Fsp3) is 0.222. The minimum atomic E-state index is -0.359. The molecule has 2 nitrogen and oxygen atoms in total. The summed E-state index contributed by atoms with van der Waals surface area (Å²) in [7, 11) is 0. The van der Waals surface area contributed by atoms with Crippen LogP contribution in [-0.4, -0.2) is 5.91 Å². The Morgan fingerprint density at radius 1 is 1.42 bits per heavy atom. The number of aryl methyl sites for hydroxylation is 1. The van der Waals surface area contributed by atoms with E-state index in [1.54, 1.807) is 6.07 Å². The quantitative estimate of drug-likeness (QED) is 0.783. The molecule has 2 N–H and O–H groups in total. The van der Waals surface area contributed by atoms with Gasteiger partial charge in [0.25, 0.3) is 0 Å². The number of carbonyl (C=O) groups excluding carboxylic acids is 1. The number of halogens is 1. The summed E-state index contributed by atoms with van der Waals surface area (Å²) < 4.78 is 0.958. The van der Waals surface area contributed by atoms with Crippen molar-refractivity contribution in [2.45, 2.75) is 13.8 Å². The van der Waals surface area contributed by atoms with Crippen LogP contribution in [0.1, 0.15) is 21.5 Å². The predicted molar refractivity (Wildman–Crippen MR) is 57.2 cm³/mol. The van der Waals surface area contributed by atoms with Crippen LogP contribution in [0.25, 0.3) is 0 Å². The van der Waals surface area contributed by atoms with Crippen LogP contribution in [0.5, 0.6) is 0 Å². The van der Waals surface area contributed by atoms with Gasteiger partial charge in [0.15, 0.2) is 0 Å². The molecule has 0 radical (unpaired) electrons. The van der Waals surface area contributed by atoms with Crippen LogP contribution < -0.4 is 5.73 Å². The molecule has 0 fully saturated rings. The molecule has 1 aromatic rings. The summed E-state index contributed by atoms with van der Waals surface area (Å²) in [5.74, 6) is -0.359. The zero-order valence-corrected chi connectivity index (χ0v) is 9.18. The predicted octanol–water partition coefficient (Wildman–Crippen LogP) is 2.01. The molecule has 0 aliphatic heterocycles. The van der Waals surface area contributed by atoms with Crippen molar-refractivity contribution in [3.63, 3.8) is 0 Å². The lowest BCUT2D eigenvalue weighted by atomic mass is 10.1. The fourth-order valence-corrected chi connectivity index (χ4v) is 1.84. The number of hydrogen-bond donors (Lipinski definition) is 1. The molecule has 1 aromatic carbocycles. The summed E-state index contributed by atoms with van der Waals surface area (Å²) in [6.45, 7) is 4.01. The van der Waals surface area contributed by atoms with Gasteiger partial charge in [0.1, 0.15) is 0 Å². The maximum Gasteiger partial charge on any atom is 0.249 e. The van der Waals surface area contributed by atoms with Gasteiger partial charge in [0, 0.05) is 3.57 Å². The van der Waals surface area contributed by atoms with Crippen molar-refractivity contribution in [2.24, 2.45) is 5.73 Å². The maximum atomic E-state index is 10.9. The third kappa shape index (κ3) is 1.60. The minimum absolute atomic E-state index is 0.359. The van der Waals surface area contributed by atoms with Crippen LogP contribution in [0.2, 0.25) is 0 Å². The van der Waals surface area contributed by atoms with Gasteiger partial charge in [-0.05, 0) is 53.6 Å². The van der Waals surface area contributed by atoms with E-state index in [-0.39, 0.29) is 5.91 Å². The van der Waals surface area contributed by atoms with Crippen LogP contribution in [-0.2, 0) is 0 Å². The SMILES string of the molecule is Cc1ccc(C(N)=O)c(I)c1C. The van der Waals surface area contributed by atoms with Gasteiger partial charge < -0.3 is 5.73 Å². The summed E-state index contributed by atoms with van der Waals surface area (Å²) in [5, 5.41) is 0. The van der Waals surface area contributed by atoms with Crippen molar-refractivity contribution in [1.29, 1.82) is 0 Å². The highest BCUT2D eigenvalue weighted by atomic mass is 127. The van der Waals surface area contributed by atoms with Crippen molar-refractivity contribution in [2.75, 3.05) is 0 Å². The largest absolute Gasteiger partial charge is 0.366 e. The monoisotopic (exact) mass is 275 g/mol. The van der Waals surface area contributed by atoms with Gasteiger partial charge in [-0.2, -0.15) is 0 Å². The van der Waals surface area contributed by atoms with Crippen molar-refractivity contribution in [3.05, 3.63) is 32.4 Å². The fourth-order valence-electron chi connectivity index (χ4n) is 0.972. The molecule has 0 aromatic heterocycles. The molecule has 0 saturated carbocycles. The Kier molecular flexibility index (Phi) is 2.72. The van der Waals surface area contributed by atoms with E-state index in [9.17, 15) is 4.79 Å². The van der Waals surface area contributed by atoms with E-state index in [1.165, 1.54) is 5.56 Å². The van der Waals surface area contributed by atoms with Gasteiger partial charge in [-0.15, -0.1) is 0 Å². The van der Waals surface area contributed by atoms with Gasteiger partial charge >= 0.3 is 0 Å². The molecule has 0 aliphatic carbocycles. The van der Waals surface area contributed by atoms with Crippen LogP contribution in [0.15, 0.2) is 12.1 Å². The van der Waals surface area contributed by atoms with Gasteiger partial charge in [0.2, 0.25) is 5.91 Å². The highest BCUT2D eigenvalue weighted by molar-refractivity contribution is 14.1. The zero-order valence-electron chi connectivity index (χ0n) is 7.02. The van der Waals surface area contributed by atoms with Crippen molar-refractivity contribution >= 4 is 28.5 Å². The summed E-state index contributed by atoms with van der Waals surface area (Å²) in [5.41, 5.74) is 8.12. The van der Waals surface area contributed by atoms with Crippen molar-refractivity contribution in [1.82, 2.24) is 0 Å². The first kappa shape index (κ1) is 9.51. The first-order valence-electron chi connectivity index (χ1n) is 3.59. The van der Waals surface area contributed by atoms with Gasteiger partial charge in [-0.3, -0.25) is 4.79 Å². The molecule has 0 atom stereocenters. The van der Waals surface area contributed by atoms with Crippen LogP contribution in [0.3, 0.4) is 0 Å². The number of benzene rings is 1. The number of primary amides is 1. The average Bonchev–Trinajstić information content (AvgIpc) is 2.00. The molecule has 0 bridgehead atoms. The summed E-state index contributed by atoms with van der Waals surface area (Å²) in [4.78, 5) is 10.9. The Morgan fingerprint density at radius 3 is 2.50 bits per heavy atom. The van der Waals surface area contributed by atoms with E-state index in [0.717, 1.165) is 9.13 Å².